The van der Waals surface area contributed by atoms with Crippen LogP contribution in [-0.4, -0.2) is 12.6 Å². The molecule has 1 unspecified atom stereocenters. The summed E-state index contributed by atoms with van der Waals surface area (Å²) in [6, 6.07) is 11.7. The Hall–Kier alpha value is -1.08. The SMILES string of the molecule is CCNC(C1=CCCC1)C1(c2ccccc2)CC1. The van der Waals surface area contributed by atoms with Crippen molar-refractivity contribution in [1.82, 2.24) is 5.32 Å². The third-order valence-corrected chi connectivity index (χ3v) is 4.55. The van der Waals surface area contributed by atoms with Crippen LogP contribution in [0, 0.1) is 0 Å². The number of hydrogen-bond donors (Lipinski definition) is 1. The fraction of sp³-hybridized carbons (Fsp3) is 0.529. The number of benzene rings is 1. The molecule has 2 aliphatic carbocycles. The predicted molar refractivity (Wildman–Crippen MR) is 76.8 cm³/mol. The molecule has 1 atom stereocenters. The normalized spacial score (nSPS) is 22.6. The van der Waals surface area contributed by atoms with Crippen molar-refractivity contribution in [3.8, 4) is 0 Å². The standard InChI is InChI=1S/C17H23N/c1-2-18-16(14-8-6-7-9-14)17(12-13-17)15-10-4-3-5-11-15/h3-5,8,10-11,16,18H,2,6-7,9,12-13H2,1H3. The minimum absolute atomic E-state index is 0.396. The van der Waals surface area contributed by atoms with Crippen LogP contribution in [0.15, 0.2) is 42.0 Å². The first-order chi connectivity index (χ1) is 8.87. The molecule has 0 bridgehead atoms. The lowest BCUT2D eigenvalue weighted by Gasteiger charge is -2.30. The average molecular weight is 241 g/mol. The number of allylic oxidation sites excluding steroid dienone is 1. The Bertz CT molecular complexity index is 428. The molecule has 18 heavy (non-hydrogen) atoms. The second kappa shape index (κ2) is 4.89. The fourth-order valence-corrected chi connectivity index (χ4v) is 3.49. The highest BCUT2D eigenvalue weighted by Gasteiger charge is 2.51. The summed E-state index contributed by atoms with van der Waals surface area (Å²) in [6.07, 6.45) is 9.09. The summed E-state index contributed by atoms with van der Waals surface area (Å²) < 4.78 is 0. The van der Waals surface area contributed by atoms with Gasteiger partial charge in [0, 0.05) is 11.5 Å². The van der Waals surface area contributed by atoms with Crippen molar-refractivity contribution in [2.75, 3.05) is 6.54 Å². The molecular formula is C17H23N. The van der Waals surface area contributed by atoms with Crippen LogP contribution in [0.25, 0.3) is 0 Å². The van der Waals surface area contributed by atoms with E-state index in [9.17, 15) is 0 Å². The Balaban J connectivity index is 1.90. The topological polar surface area (TPSA) is 12.0 Å². The van der Waals surface area contributed by atoms with Crippen LogP contribution < -0.4 is 5.32 Å². The summed E-state index contributed by atoms with van der Waals surface area (Å²) in [5.74, 6) is 0. The first-order valence-corrected chi connectivity index (χ1v) is 7.34. The van der Waals surface area contributed by atoms with Crippen LogP contribution in [0.5, 0.6) is 0 Å². The van der Waals surface area contributed by atoms with Crippen LogP contribution in [0.4, 0.5) is 0 Å². The summed E-state index contributed by atoms with van der Waals surface area (Å²) in [4.78, 5) is 0. The van der Waals surface area contributed by atoms with Crippen LogP contribution in [0.2, 0.25) is 0 Å². The third kappa shape index (κ3) is 2.01. The van der Waals surface area contributed by atoms with Gasteiger partial charge in [-0.25, -0.2) is 0 Å². The van der Waals surface area contributed by atoms with E-state index in [1.807, 2.05) is 0 Å². The van der Waals surface area contributed by atoms with Crippen molar-refractivity contribution >= 4 is 0 Å². The van der Waals surface area contributed by atoms with Crippen molar-refractivity contribution in [2.24, 2.45) is 0 Å². The van der Waals surface area contributed by atoms with E-state index >= 15 is 0 Å². The molecule has 1 N–H and O–H groups in total. The van der Waals surface area contributed by atoms with E-state index in [2.05, 4.69) is 48.6 Å². The van der Waals surface area contributed by atoms with Crippen LogP contribution >= 0.6 is 0 Å². The van der Waals surface area contributed by atoms with E-state index in [4.69, 9.17) is 0 Å². The van der Waals surface area contributed by atoms with Gasteiger partial charge in [0.15, 0.2) is 0 Å². The monoisotopic (exact) mass is 241 g/mol. The summed E-state index contributed by atoms with van der Waals surface area (Å²) in [7, 11) is 0. The van der Waals surface area contributed by atoms with Crippen molar-refractivity contribution in [2.45, 2.75) is 50.5 Å². The van der Waals surface area contributed by atoms with E-state index in [-0.39, 0.29) is 0 Å². The quantitative estimate of drug-likeness (QED) is 0.773. The van der Waals surface area contributed by atoms with Gasteiger partial charge < -0.3 is 5.32 Å². The van der Waals surface area contributed by atoms with Crippen LogP contribution in [0.3, 0.4) is 0 Å². The van der Waals surface area contributed by atoms with Gasteiger partial charge in [-0.1, -0.05) is 48.9 Å². The molecule has 0 radical (unpaired) electrons. The summed E-state index contributed by atoms with van der Waals surface area (Å²) in [5, 5.41) is 3.76. The van der Waals surface area contributed by atoms with Gasteiger partial charge in [0.25, 0.3) is 0 Å². The van der Waals surface area contributed by atoms with Gasteiger partial charge in [0.05, 0.1) is 0 Å². The molecule has 96 valence electrons. The maximum Gasteiger partial charge on any atom is 0.0377 e. The van der Waals surface area contributed by atoms with Crippen molar-refractivity contribution < 1.29 is 0 Å². The Morgan fingerprint density at radius 3 is 2.56 bits per heavy atom. The Morgan fingerprint density at radius 2 is 2.00 bits per heavy atom. The molecule has 1 heteroatoms. The minimum atomic E-state index is 0.396. The summed E-state index contributed by atoms with van der Waals surface area (Å²) >= 11 is 0. The second-order valence-electron chi connectivity index (χ2n) is 5.68. The van der Waals surface area contributed by atoms with Crippen molar-refractivity contribution in [1.29, 1.82) is 0 Å². The van der Waals surface area contributed by atoms with Crippen molar-refractivity contribution in [3.63, 3.8) is 0 Å². The molecule has 0 amide bonds. The van der Waals surface area contributed by atoms with Gasteiger partial charge in [-0.15, -0.1) is 0 Å². The summed E-state index contributed by atoms with van der Waals surface area (Å²) in [6.45, 7) is 3.29. The molecule has 1 fully saturated rings. The molecule has 1 saturated carbocycles. The van der Waals surface area contributed by atoms with E-state index in [1.165, 1.54) is 37.7 Å². The molecule has 0 saturated heterocycles. The van der Waals surface area contributed by atoms with Gasteiger partial charge >= 0.3 is 0 Å². The zero-order chi connectivity index (χ0) is 12.4. The molecule has 3 rings (SSSR count). The Labute approximate surface area is 110 Å². The Kier molecular flexibility index (Phi) is 3.25. The van der Waals surface area contributed by atoms with E-state index in [0.29, 0.717) is 11.5 Å². The van der Waals surface area contributed by atoms with Gasteiger partial charge in [-0.3, -0.25) is 0 Å². The maximum atomic E-state index is 3.76. The molecule has 1 aromatic rings. The second-order valence-corrected chi connectivity index (χ2v) is 5.68. The lowest BCUT2D eigenvalue weighted by molar-refractivity contribution is 0.467. The average Bonchev–Trinajstić information content (AvgIpc) is 3.04. The van der Waals surface area contributed by atoms with Gasteiger partial charge in [-0.05, 0) is 44.2 Å². The highest BCUT2D eigenvalue weighted by Crippen LogP contribution is 2.53. The first-order valence-electron chi connectivity index (χ1n) is 7.34. The lowest BCUT2D eigenvalue weighted by atomic mass is 9.83. The number of nitrogens with one attached hydrogen (secondary N) is 1. The van der Waals surface area contributed by atoms with E-state index in [1.54, 1.807) is 5.57 Å². The number of rotatable bonds is 5. The molecule has 0 heterocycles. The minimum Gasteiger partial charge on any atom is -0.310 e. The van der Waals surface area contributed by atoms with Gasteiger partial charge in [0.1, 0.15) is 0 Å². The van der Waals surface area contributed by atoms with Crippen molar-refractivity contribution in [3.05, 3.63) is 47.5 Å². The van der Waals surface area contributed by atoms with E-state index < -0.39 is 0 Å². The molecule has 0 aromatic heterocycles. The lowest BCUT2D eigenvalue weighted by Crippen LogP contribution is -2.41. The molecule has 0 aliphatic heterocycles. The number of hydrogen-bond acceptors (Lipinski definition) is 1. The zero-order valence-corrected chi connectivity index (χ0v) is 11.3. The molecule has 2 aliphatic rings. The van der Waals surface area contributed by atoms with E-state index in [0.717, 1.165) is 6.54 Å². The van der Waals surface area contributed by atoms with Crippen LogP contribution in [-0.2, 0) is 5.41 Å². The highest BCUT2D eigenvalue weighted by molar-refractivity contribution is 5.39. The maximum absolute atomic E-state index is 3.76. The Morgan fingerprint density at radius 1 is 1.22 bits per heavy atom. The highest BCUT2D eigenvalue weighted by atomic mass is 14.9. The number of likely N-dealkylation sites (N-methyl/N-ethyl adjacent to an activating group) is 1. The smallest absolute Gasteiger partial charge is 0.0377 e. The molecule has 0 spiro atoms. The largest absolute Gasteiger partial charge is 0.310 e. The van der Waals surface area contributed by atoms with Crippen LogP contribution in [0.1, 0.15) is 44.6 Å². The van der Waals surface area contributed by atoms with Gasteiger partial charge in [0.2, 0.25) is 0 Å². The summed E-state index contributed by atoms with van der Waals surface area (Å²) in [5.41, 5.74) is 3.59. The predicted octanol–water partition coefficient (Wildman–Crippen LogP) is 3.81. The molecule has 1 nitrogen and oxygen atoms in total. The molecule has 1 aromatic carbocycles. The molecular weight excluding hydrogens is 218 g/mol. The van der Waals surface area contributed by atoms with Gasteiger partial charge in [-0.2, -0.15) is 0 Å². The third-order valence-electron chi connectivity index (χ3n) is 4.55. The fourth-order valence-electron chi connectivity index (χ4n) is 3.49. The zero-order valence-electron chi connectivity index (χ0n) is 11.3. The first kappa shape index (κ1) is 12.0.